The second-order valence-corrected chi connectivity index (χ2v) is 20.3. The Bertz CT molecular complexity index is 1760. The van der Waals surface area contributed by atoms with Crippen LogP contribution in [0, 0.1) is 52.8 Å². The lowest BCUT2D eigenvalue weighted by Crippen LogP contribution is -2.59. The highest BCUT2D eigenvalue weighted by Crippen LogP contribution is 2.62. The van der Waals surface area contributed by atoms with Gasteiger partial charge in [-0.25, -0.2) is 4.79 Å². The van der Waals surface area contributed by atoms with Crippen LogP contribution in [-0.4, -0.2) is 104 Å². The van der Waals surface area contributed by atoms with E-state index in [0.717, 1.165) is 0 Å². The lowest BCUT2D eigenvalue weighted by atomic mass is 9.65. The monoisotopic (exact) mass is 1030 g/mol. The minimum atomic E-state index is -6.12. The van der Waals surface area contributed by atoms with Gasteiger partial charge >= 0.3 is 49.0 Å². The van der Waals surface area contributed by atoms with Gasteiger partial charge in [0.1, 0.15) is 16.8 Å². The molecule has 4 bridgehead atoms. The number of fused-ring (bicyclic) bond motifs is 4. The highest BCUT2D eigenvalue weighted by Gasteiger charge is 2.73. The van der Waals surface area contributed by atoms with E-state index in [9.17, 15) is 104 Å². The maximum Gasteiger partial charge on any atom is 0.426 e. The van der Waals surface area contributed by atoms with Crippen molar-refractivity contribution < 1.29 is 119 Å². The van der Waals surface area contributed by atoms with Gasteiger partial charge in [-0.3, -0.25) is 4.79 Å². The number of halogens is 18. The zero-order chi connectivity index (χ0) is 53.8. The molecule has 11 unspecified atom stereocenters. The predicted octanol–water partition coefficient (Wildman–Crippen LogP) is 11.1. The average Bonchev–Trinajstić information content (AvgIpc) is 3.90. The Kier molecular flexibility index (Phi) is 17.9. The van der Waals surface area contributed by atoms with Crippen LogP contribution in [-0.2, 0) is 19.1 Å². The van der Waals surface area contributed by atoms with Crippen LogP contribution in [0.4, 0.5) is 79.0 Å². The van der Waals surface area contributed by atoms with Crippen LogP contribution < -0.4 is 0 Å². The molecule has 0 aromatic rings. The summed E-state index contributed by atoms with van der Waals surface area (Å²) in [4.78, 5) is 23.3. The van der Waals surface area contributed by atoms with E-state index in [1.54, 1.807) is 13.0 Å². The van der Waals surface area contributed by atoms with Gasteiger partial charge in [0.05, 0.1) is 12.2 Å². The molecule has 68 heavy (non-hydrogen) atoms. The minimum absolute atomic E-state index is 0.00443. The molecule has 4 aliphatic rings. The van der Waals surface area contributed by atoms with E-state index < -0.39 is 143 Å². The summed E-state index contributed by atoms with van der Waals surface area (Å²) < 4.78 is 241. The number of rotatable bonds is 10. The van der Waals surface area contributed by atoms with E-state index >= 15 is 0 Å². The van der Waals surface area contributed by atoms with Gasteiger partial charge in [-0.1, -0.05) is 25.7 Å². The summed E-state index contributed by atoms with van der Waals surface area (Å²) in [7, 11) is 0. The molecule has 0 amide bonds. The van der Waals surface area contributed by atoms with Crippen LogP contribution in [0.15, 0.2) is 24.3 Å². The van der Waals surface area contributed by atoms with Crippen molar-refractivity contribution in [3.63, 3.8) is 0 Å². The van der Waals surface area contributed by atoms with Crippen LogP contribution >= 0.6 is 0 Å². The molecular formula is C42H56F18O8. The third kappa shape index (κ3) is 13.9. The first-order chi connectivity index (χ1) is 29.8. The highest BCUT2D eigenvalue weighted by molar-refractivity contribution is 5.89. The van der Waals surface area contributed by atoms with E-state index in [0.29, 0.717) is 19.8 Å². The van der Waals surface area contributed by atoms with Crippen LogP contribution in [0.1, 0.15) is 100 Å². The standard InChI is InChI=1S/C22H31F9O4.C12H14F6O2.C8H11F3O2/c1-10-11-6-12(13(7-11)15(32)9-19(34,21(26,27)28)22(29,30)31)14(10)8-18(5,20(23,24)25)16(33)35-17(2,3)4;13-11(14,15)10(20,12(16,17)18)5-9(19)8-4-6-1-2-7(8)3-6;1-5(8(9,10)11)6(12)13-7(2,3)4/h10-15,32,34H,6-9H2,1-5H3;1-2,6-9,19-20H,3-5H2;1H2,2-4H3. The molecule has 0 spiro atoms. The Morgan fingerprint density at radius 2 is 1.01 bits per heavy atom. The molecule has 3 saturated carbocycles. The second kappa shape index (κ2) is 19.9. The van der Waals surface area contributed by atoms with Crippen LogP contribution in [0.3, 0.4) is 0 Å². The van der Waals surface area contributed by atoms with Gasteiger partial charge < -0.3 is 29.9 Å². The van der Waals surface area contributed by atoms with Crippen molar-refractivity contribution in [2.24, 2.45) is 52.8 Å². The summed E-state index contributed by atoms with van der Waals surface area (Å²) in [6.45, 7) is 13.5. The smallest absolute Gasteiger partial charge is 0.426 e. The van der Waals surface area contributed by atoms with Gasteiger partial charge in [0.2, 0.25) is 0 Å². The van der Waals surface area contributed by atoms with Crippen molar-refractivity contribution in [1.29, 1.82) is 0 Å². The molecule has 0 heterocycles. The zero-order valence-corrected chi connectivity index (χ0v) is 37.8. The molecule has 398 valence electrons. The molecule has 4 aliphatic carbocycles. The summed E-state index contributed by atoms with van der Waals surface area (Å²) in [6, 6.07) is 0. The summed E-state index contributed by atoms with van der Waals surface area (Å²) in [6.07, 6.45) is -37.8. The second-order valence-electron chi connectivity index (χ2n) is 20.3. The lowest BCUT2D eigenvalue weighted by molar-refractivity contribution is -0.375. The number of carbonyl (C=O) groups excluding carboxylic acids is 2. The number of hydrogen-bond acceptors (Lipinski definition) is 8. The fourth-order valence-electron chi connectivity index (χ4n) is 9.18. The van der Waals surface area contributed by atoms with Gasteiger partial charge in [-0.05, 0) is 128 Å². The number of ether oxygens (including phenoxy) is 2. The first-order valence-electron chi connectivity index (χ1n) is 20.9. The van der Waals surface area contributed by atoms with Crippen molar-refractivity contribution in [2.45, 2.75) is 172 Å². The Labute approximate surface area is 379 Å². The SMILES string of the molecule is C=C(C(=O)OC(C)(C)C)C(F)(F)F.CC1C2CC(C(O)CC(O)(C(F)(F)F)C(F)(F)F)C(C2)C1CC(C)(C(=O)OC(C)(C)C)C(F)(F)F.OC(CC(O)(C(F)(F)F)C(F)(F)F)C1CC2C=CC1C2. The highest BCUT2D eigenvalue weighted by atomic mass is 19.4. The van der Waals surface area contributed by atoms with Crippen molar-refractivity contribution in [1.82, 2.24) is 0 Å². The third-order valence-electron chi connectivity index (χ3n) is 13.0. The van der Waals surface area contributed by atoms with Crippen molar-refractivity contribution in [2.75, 3.05) is 0 Å². The Hall–Kier alpha value is -3.00. The first-order valence-corrected chi connectivity index (χ1v) is 20.9. The summed E-state index contributed by atoms with van der Waals surface area (Å²) >= 11 is 0. The number of allylic oxidation sites excluding steroid dienone is 2. The molecule has 0 aromatic heterocycles. The zero-order valence-electron chi connectivity index (χ0n) is 37.8. The molecule has 8 nitrogen and oxygen atoms in total. The summed E-state index contributed by atoms with van der Waals surface area (Å²) in [5, 5.41) is 38.6. The lowest BCUT2D eigenvalue weighted by Gasteiger charge is -2.43. The van der Waals surface area contributed by atoms with Crippen LogP contribution in [0.25, 0.3) is 0 Å². The number of hydrogen-bond donors (Lipinski definition) is 4. The number of esters is 2. The number of aliphatic hydroxyl groups is 4. The minimum Gasteiger partial charge on any atom is -0.459 e. The molecule has 0 saturated heterocycles. The van der Waals surface area contributed by atoms with Crippen LogP contribution in [0.2, 0.25) is 0 Å². The predicted molar refractivity (Wildman–Crippen MR) is 202 cm³/mol. The molecule has 11 atom stereocenters. The van der Waals surface area contributed by atoms with Crippen molar-refractivity contribution >= 4 is 11.9 Å². The molecule has 3 fully saturated rings. The number of carbonyl (C=O) groups is 2. The Morgan fingerprint density at radius 3 is 1.32 bits per heavy atom. The van der Waals surface area contributed by atoms with E-state index in [4.69, 9.17) is 9.84 Å². The van der Waals surface area contributed by atoms with Crippen molar-refractivity contribution in [3.05, 3.63) is 24.3 Å². The van der Waals surface area contributed by atoms with E-state index in [1.165, 1.54) is 41.5 Å². The van der Waals surface area contributed by atoms with Gasteiger partial charge in [0.25, 0.3) is 11.2 Å². The molecule has 0 aromatic carbocycles. The van der Waals surface area contributed by atoms with Gasteiger partial charge in [0, 0.05) is 12.8 Å². The van der Waals surface area contributed by atoms with Crippen LogP contribution in [0.5, 0.6) is 0 Å². The molecule has 4 N–H and O–H groups in total. The molecule has 4 rings (SSSR count). The Morgan fingerprint density at radius 1 is 0.603 bits per heavy atom. The normalized spacial score (nSPS) is 27.6. The maximum atomic E-state index is 14.1. The largest absolute Gasteiger partial charge is 0.459 e. The van der Waals surface area contributed by atoms with Crippen molar-refractivity contribution in [3.8, 4) is 0 Å². The van der Waals surface area contributed by atoms with E-state index in [-0.39, 0.29) is 30.6 Å². The van der Waals surface area contributed by atoms with E-state index in [1.807, 2.05) is 6.08 Å². The topological polar surface area (TPSA) is 134 Å². The molecule has 0 radical (unpaired) electrons. The molecular weight excluding hydrogens is 974 g/mol. The third-order valence-corrected chi connectivity index (χ3v) is 13.0. The fourth-order valence-corrected chi connectivity index (χ4v) is 9.18. The van der Waals surface area contributed by atoms with Gasteiger partial charge in [-0.2, -0.15) is 79.0 Å². The summed E-state index contributed by atoms with van der Waals surface area (Å²) in [5.74, 6) is -7.49. The van der Waals surface area contributed by atoms with E-state index in [2.05, 4.69) is 11.3 Å². The molecule has 26 heteroatoms. The fraction of sp³-hybridized carbons (Fsp3) is 0.857. The molecule has 0 aliphatic heterocycles. The first kappa shape index (κ1) is 61.1. The van der Waals surface area contributed by atoms with Gasteiger partial charge in [0.15, 0.2) is 5.41 Å². The summed E-state index contributed by atoms with van der Waals surface area (Å²) in [5.41, 5.74) is -16.7. The quantitative estimate of drug-likeness (QED) is 0.0736. The number of aliphatic hydroxyl groups excluding tert-OH is 2. The average molecular weight is 1030 g/mol. The Balaban J connectivity index is 0.000000402. The van der Waals surface area contributed by atoms with Gasteiger partial charge in [-0.15, -0.1) is 0 Å². The maximum absolute atomic E-state index is 14.1. The number of alkyl halides is 18.